The Morgan fingerprint density at radius 2 is 1.96 bits per heavy atom. The van der Waals surface area contributed by atoms with Crippen LogP contribution < -0.4 is 5.32 Å². The summed E-state index contributed by atoms with van der Waals surface area (Å²) < 4.78 is 7.21. The van der Waals surface area contributed by atoms with E-state index in [-0.39, 0.29) is 18.0 Å². The molecule has 2 amide bonds. The van der Waals surface area contributed by atoms with Crippen LogP contribution in [0.15, 0.2) is 48.7 Å². The quantitative estimate of drug-likeness (QED) is 0.818. The molecule has 2 heterocycles. The van der Waals surface area contributed by atoms with Gasteiger partial charge in [0.25, 0.3) is 0 Å². The number of aromatic nitrogens is 2. The third-order valence-electron chi connectivity index (χ3n) is 4.28. The van der Waals surface area contributed by atoms with Gasteiger partial charge in [-0.05, 0) is 38.8 Å². The number of amides is 2. The maximum atomic E-state index is 12.2. The molecule has 1 N–H and O–H groups in total. The second-order valence-electron chi connectivity index (χ2n) is 7.78. The number of nitrogens with zero attached hydrogens (tertiary/aromatic N) is 3. The topological polar surface area (TPSA) is 76.5 Å². The summed E-state index contributed by atoms with van der Waals surface area (Å²) >= 11 is 0. The van der Waals surface area contributed by atoms with E-state index in [0.717, 1.165) is 12.0 Å². The van der Waals surface area contributed by atoms with Crippen molar-refractivity contribution in [2.24, 2.45) is 0 Å². The molecule has 1 unspecified atom stereocenters. The van der Waals surface area contributed by atoms with Gasteiger partial charge in [-0.1, -0.05) is 30.3 Å². The van der Waals surface area contributed by atoms with Crippen LogP contribution in [0.25, 0.3) is 6.08 Å². The van der Waals surface area contributed by atoms with Crippen LogP contribution in [0.4, 0.5) is 10.6 Å². The van der Waals surface area contributed by atoms with E-state index in [9.17, 15) is 9.59 Å². The van der Waals surface area contributed by atoms with Gasteiger partial charge in [0.15, 0.2) is 5.82 Å². The Morgan fingerprint density at radius 1 is 1.21 bits per heavy atom. The van der Waals surface area contributed by atoms with Crippen LogP contribution in [-0.4, -0.2) is 45.4 Å². The van der Waals surface area contributed by atoms with Gasteiger partial charge in [-0.2, -0.15) is 5.10 Å². The Morgan fingerprint density at radius 3 is 2.68 bits per heavy atom. The average molecular weight is 382 g/mol. The maximum Gasteiger partial charge on any atom is 0.410 e. The van der Waals surface area contributed by atoms with Crippen molar-refractivity contribution in [3.8, 4) is 0 Å². The third kappa shape index (κ3) is 5.45. The molecule has 0 spiro atoms. The monoisotopic (exact) mass is 382 g/mol. The Bertz CT molecular complexity index is 852. The first-order valence-corrected chi connectivity index (χ1v) is 9.37. The maximum absolute atomic E-state index is 12.2. The smallest absolute Gasteiger partial charge is 0.410 e. The van der Waals surface area contributed by atoms with Gasteiger partial charge in [0, 0.05) is 31.4 Å². The Labute approximate surface area is 165 Å². The van der Waals surface area contributed by atoms with Crippen LogP contribution in [0.3, 0.4) is 0 Å². The number of carbonyl (C=O) groups excluding carboxylic acids is 2. The SMILES string of the molecule is CC(C)(C)OC(=O)N1CCC(n2ccc(NC(=O)/C=C/c3ccccc3)n2)C1. The fraction of sp³-hybridized carbons (Fsp3) is 0.381. The van der Waals surface area contributed by atoms with Gasteiger partial charge in [-0.15, -0.1) is 0 Å². The van der Waals surface area contributed by atoms with Gasteiger partial charge < -0.3 is 15.0 Å². The molecule has 1 aliphatic heterocycles. The molecule has 0 aliphatic carbocycles. The molecule has 7 nitrogen and oxygen atoms in total. The van der Waals surface area contributed by atoms with E-state index >= 15 is 0 Å². The van der Waals surface area contributed by atoms with E-state index in [4.69, 9.17) is 4.74 Å². The van der Waals surface area contributed by atoms with E-state index in [2.05, 4.69) is 10.4 Å². The minimum Gasteiger partial charge on any atom is -0.444 e. The summed E-state index contributed by atoms with van der Waals surface area (Å²) in [6.07, 6.45) is 5.54. The highest BCUT2D eigenvalue weighted by molar-refractivity contribution is 6.01. The van der Waals surface area contributed by atoms with Crippen LogP contribution >= 0.6 is 0 Å². The van der Waals surface area contributed by atoms with Gasteiger partial charge in [-0.25, -0.2) is 4.79 Å². The molecule has 1 aromatic carbocycles. The number of nitrogens with one attached hydrogen (secondary N) is 1. The molecule has 0 bridgehead atoms. The van der Waals surface area contributed by atoms with E-state index in [0.29, 0.717) is 18.9 Å². The second kappa shape index (κ2) is 8.29. The van der Waals surface area contributed by atoms with Crippen LogP contribution in [0.2, 0.25) is 0 Å². The van der Waals surface area contributed by atoms with Gasteiger partial charge in [0.2, 0.25) is 5.91 Å². The highest BCUT2D eigenvalue weighted by Gasteiger charge is 2.31. The molecule has 1 atom stereocenters. The van der Waals surface area contributed by atoms with Gasteiger partial charge in [-0.3, -0.25) is 9.48 Å². The molecule has 148 valence electrons. The molecule has 1 aliphatic rings. The molecule has 0 saturated carbocycles. The van der Waals surface area contributed by atoms with Crippen molar-refractivity contribution in [2.45, 2.75) is 38.8 Å². The van der Waals surface area contributed by atoms with Crippen molar-refractivity contribution in [1.29, 1.82) is 0 Å². The molecule has 1 fully saturated rings. The summed E-state index contributed by atoms with van der Waals surface area (Å²) in [7, 11) is 0. The lowest BCUT2D eigenvalue weighted by Gasteiger charge is -2.24. The number of carbonyl (C=O) groups is 2. The third-order valence-corrected chi connectivity index (χ3v) is 4.28. The lowest BCUT2D eigenvalue weighted by molar-refractivity contribution is -0.111. The summed E-state index contributed by atoms with van der Waals surface area (Å²) in [4.78, 5) is 26.0. The summed E-state index contributed by atoms with van der Waals surface area (Å²) in [5.41, 5.74) is 0.447. The molecule has 7 heteroatoms. The van der Waals surface area contributed by atoms with Gasteiger partial charge in [0.05, 0.1) is 6.04 Å². The van der Waals surface area contributed by atoms with Gasteiger partial charge in [0.1, 0.15) is 5.60 Å². The lowest BCUT2D eigenvalue weighted by Crippen LogP contribution is -2.35. The minimum absolute atomic E-state index is 0.0676. The summed E-state index contributed by atoms with van der Waals surface area (Å²) in [5, 5.41) is 7.19. The van der Waals surface area contributed by atoms with Crippen LogP contribution in [-0.2, 0) is 9.53 Å². The minimum atomic E-state index is -0.508. The van der Waals surface area contributed by atoms with Crippen molar-refractivity contribution in [3.63, 3.8) is 0 Å². The highest BCUT2D eigenvalue weighted by Crippen LogP contribution is 2.23. The first kappa shape index (κ1) is 19.7. The van der Waals surface area contributed by atoms with Crippen molar-refractivity contribution in [1.82, 2.24) is 14.7 Å². The second-order valence-corrected chi connectivity index (χ2v) is 7.78. The van der Waals surface area contributed by atoms with Crippen LogP contribution in [0, 0.1) is 0 Å². The number of likely N-dealkylation sites (tertiary alicyclic amines) is 1. The Balaban J connectivity index is 1.54. The molecule has 28 heavy (non-hydrogen) atoms. The number of hydrogen-bond donors (Lipinski definition) is 1. The average Bonchev–Trinajstić information content (AvgIpc) is 3.29. The van der Waals surface area contributed by atoms with Crippen molar-refractivity contribution in [3.05, 3.63) is 54.2 Å². The molecule has 3 rings (SSSR count). The van der Waals surface area contributed by atoms with E-state index in [1.165, 1.54) is 6.08 Å². The van der Waals surface area contributed by atoms with Crippen LogP contribution in [0.5, 0.6) is 0 Å². The number of rotatable bonds is 4. The first-order chi connectivity index (χ1) is 13.3. The van der Waals surface area contributed by atoms with Crippen molar-refractivity contribution >= 4 is 23.9 Å². The zero-order chi connectivity index (χ0) is 20.1. The van der Waals surface area contributed by atoms with Crippen LogP contribution in [0.1, 0.15) is 38.8 Å². The van der Waals surface area contributed by atoms with Crippen molar-refractivity contribution in [2.75, 3.05) is 18.4 Å². The van der Waals surface area contributed by atoms with E-state index in [1.807, 2.05) is 57.3 Å². The molecule has 1 aromatic heterocycles. The Kier molecular flexibility index (Phi) is 5.82. The zero-order valence-corrected chi connectivity index (χ0v) is 16.5. The summed E-state index contributed by atoms with van der Waals surface area (Å²) in [5.74, 6) is 0.245. The molecule has 0 radical (unpaired) electrons. The number of anilines is 1. The summed E-state index contributed by atoms with van der Waals surface area (Å²) in [6.45, 7) is 6.73. The summed E-state index contributed by atoms with van der Waals surface area (Å²) in [6, 6.07) is 11.4. The molecular formula is C21H26N4O3. The molecule has 1 saturated heterocycles. The van der Waals surface area contributed by atoms with Crippen molar-refractivity contribution < 1.29 is 14.3 Å². The predicted molar refractivity (Wildman–Crippen MR) is 108 cm³/mol. The fourth-order valence-corrected chi connectivity index (χ4v) is 2.96. The largest absolute Gasteiger partial charge is 0.444 e. The lowest BCUT2D eigenvalue weighted by atomic mass is 10.2. The van der Waals surface area contributed by atoms with E-state index < -0.39 is 5.60 Å². The molecular weight excluding hydrogens is 356 g/mol. The fourth-order valence-electron chi connectivity index (χ4n) is 2.96. The number of hydrogen-bond acceptors (Lipinski definition) is 4. The van der Waals surface area contributed by atoms with E-state index in [1.54, 1.807) is 21.7 Å². The normalized spacial score (nSPS) is 17.1. The van der Waals surface area contributed by atoms with Gasteiger partial charge >= 0.3 is 6.09 Å². The Hall–Kier alpha value is -3.09. The predicted octanol–water partition coefficient (Wildman–Crippen LogP) is 3.72. The number of benzene rings is 1. The standard InChI is InChI=1S/C21H26N4O3/c1-21(2,3)28-20(27)24-13-11-17(15-24)25-14-12-18(23-25)22-19(26)10-9-16-7-5-4-6-8-16/h4-10,12,14,17H,11,13,15H2,1-3H3,(H,22,23,26)/b10-9+. The zero-order valence-electron chi connectivity index (χ0n) is 16.5. The first-order valence-electron chi connectivity index (χ1n) is 9.37. The molecule has 2 aromatic rings. The highest BCUT2D eigenvalue weighted by atomic mass is 16.6. The number of ether oxygens (including phenoxy) is 1.